The van der Waals surface area contributed by atoms with E-state index in [1.54, 1.807) is 11.3 Å². The van der Waals surface area contributed by atoms with Gasteiger partial charge in [-0.1, -0.05) is 17.4 Å². The average Bonchev–Trinajstić information content (AvgIpc) is 2.87. The van der Waals surface area contributed by atoms with Crippen molar-refractivity contribution in [1.82, 2.24) is 4.98 Å². The topological polar surface area (TPSA) is 40.9 Å². The van der Waals surface area contributed by atoms with E-state index in [0.29, 0.717) is 5.13 Å². The van der Waals surface area contributed by atoms with Crippen LogP contribution in [0.15, 0.2) is 52.7 Å². The monoisotopic (exact) mass is 296 g/mol. The van der Waals surface area contributed by atoms with E-state index < -0.39 is 0 Å². The Hall–Kier alpha value is -2.27. The van der Waals surface area contributed by atoms with Crippen molar-refractivity contribution in [2.45, 2.75) is 6.92 Å². The van der Waals surface area contributed by atoms with E-state index in [1.807, 2.05) is 44.4 Å². The first-order valence-corrected chi connectivity index (χ1v) is 7.50. The number of aromatic nitrogens is 1. The minimum Gasteiger partial charge on any atom is -0.378 e. The highest BCUT2D eigenvalue weighted by atomic mass is 32.1. The van der Waals surface area contributed by atoms with Gasteiger partial charge < -0.3 is 4.90 Å². The number of azo groups is 1. The molecule has 0 atom stereocenters. The minimum atomic E-state index is 0.687. The van der Waals surface area contributed by atoms with Crippen molar-refractivity contribution in [2.75, 3.05) is 19.0 Å². The lowest BCUT2D eigenvalue weighted by molar-refractivity contribution is 1.13. The molecule has 0 spiro atoms. The van der Waals surface area contributed by atoms with Crippen molar-refractivity contribution in [3.8, 4) is 0 Å². The zero-order chi connectivity index (χ0) is 14.8. The van der Waals surface area contributed by atoms with Crippen LogP contribution in [-0.4, -0.2) is 19.1 Å². The number of hydrogen-bond donors (Lipinski definition) is 0. The number of aryl methyl sites for hydroxylation is 1. The van der Waals surface area contributed by atoms with Crippen LogP contribution in [0, 0.1) is 6.92 Å². The zero-order valence-electron chi connectivity index (χ0n) is 12.2. The number of fused-ring (bicyclic) bond motifs is 1. The normalized spacial score (nSPS) is 11.4. The largest absolute Gasteiger partial charge is 0.378 e. The van der Waals surface area contributed by atoms with E-state index in [4.69, 9.17) is 0 Å². The second-order valence-corrected chi connectivity index (χ2v) is 6.09. The van der Waals surface area contributed by atoms with Gasteiger partial charge in [0.25, 0.3) is 0 Å². The molecule has 0 aliphatic carbocycles. The second kappa shape index (κ2) is 5.61. The van der Waals surface area contributed by atoms with Gasteiger partial charge in [0.1, 0.15) is 0 Å². The van der Waals surface area contributed by atoms with Gasteiger partial charge in [-0.3, -0.25) is 0 Å². The van der Waals surface area contributed by atoms with Crippen LogP contribution in [0.1, 0.15) is 5.56 Å². The molecular formula is C16H16N4S. The van der Waals surface area contributed by atoms with Crippen LogP contribution in [0.3, 0.4) is 0 Å². The van der Waals surface area contributed by atoms with Crippen LogP contribution < -0.4 is 4.90 Å². The first-order chi connectivity index (χ1) is 10.1. The number of nitrogens with zero attached hydrogens (tertiary/aromatic N) is 4. The lowest BCUT2D eigenvalue weighted by Crippen LogP contribution is -2.07. The lowest BCUT2D eigenvalue weighted by atomic mass is 10.2. The van der Waals surface area contributed by atoms with Gasteiger partial charge in [-0.15, -0.1) is 10.2 Å². The molecule has 0 unspecified atom stereocenters. The van der Waals surface area contributed by atoms with Crippen molar-refractivity contribution >= 4 is 38.1 Å². The predicted octanol–water partition coefficient (Wildman–Crippen LogP) is 5.09. The van der Waals surface area contributed by atoms with E-state index in [1.165, 1.54) is 5.56 Å². The summed E-state index contributed by atoms with van der Waals surface area (Å²) >= 11 is 1.56. The van der Waals surface area contributed by atoms with Crippen molar-refractivity contribution in [3.63, 3.8) is 0 Å². The van der Waals surface area contributed by atoms with Crippen LogP contribution in [0.25, 0.3) is 10.2 Å². The fourth-order valence-electron chi connectivity index (χ4n) is 1.98. The number of hydrogen-bond acceptors (Lipinski definition) is 5. The molecule has 0 fully saturated rings. The molecule has 0 aliphatic rings. The summed E-state index contributed by atoms with van der Waals surface area (Å²) in [5, 5.41) is 9.17. The minimum absolute atomic E-state index is 0.687. The van der Waals surface area contributed by atoms with E-state index >= 15 is 0 Å². The van der Waals surface area contributed by atoms with Crippen molar-refractivity contribution in [3.05, 3.63) is 48.0 Å². The maximum Gasteiger partial charge on any atom is 0.231 e. The summed E-state index contributed by atoms with van der Waals surface area (Å²) in [6.45, 7) is 2.08. The fourth-order valence-corrected chi connectivity index (χ4v) is 2.87. The van der Waals surface area contributed by atoms with Crippen LogP contribution in [0.5, 0.6) is 0 Å². The molecule has 0 amide bonds. The molecule has 4 nitrogen and oxygen atoms in total. The van der Waals surface area contributed by atoms with Gasteiger partial charge in [-0.05, 0) is 48.9 Å². The average molecular weight is 296 g/mol. The highest BCUT2D eigenvalue weighted by molar-refractivity contribution is 7.21. The second-order valence-electron chi connectivity index (χ2n) is 5.08. The Morgan fingerprint density at radius 1 is 1.00 bits per heavy atom. The van der Waals surface area contributed by atoms with Crippen LogP contribution in [-0.2, 0) is 0 Å². The van der Waals surface area contributed by atoms with Gasteiger partial charge >= 0.3 is 0 Å². The Morgan fingerprint density at radius 3 is 2.48 bits per heavy atom. The lowest BCUT2D eigenvalue weighted by Gasteiger charge is -2.11. The van der Waals surface area contributed by atoms with Crippen LogP contribution in [0.2, 0.25) is 0 Å². The molecule has 1 aromatic heterocycles. The van der Waals surface area contributed by atoms with Crippen molar-refractivity contribution < 1.29 is 0 Å². The van der Waals surface area contributed by atoms with Crippen LogP contribution in [0.4, 0.5) is 16.5 Å². The third-order valence-corrected chi connectivity index (χ3v) is 4.05. The molecule has 21 heavy (non-hydrogen) atoms. The molecule has 0 bridgehead atoms. The van der Waals surface area contributed by atoms with E-state index in [-0.39, 0.29) is 0 Å². The molecule has 1 heterocycles. The van der Waals surface area contributed by atoms with Gasteiger partial charge in [-0.2, -0.15) is 0 Å². The van der Waals surface area contributed by atoms with Crippen molar-refractivity contribution in [1.29, 1.82) is 0 Å². The number of anilines is 1. The third kappa shape index (κ3) is 3.08. The zero-order valence-corrected chi connectivity index (χ0v) is 13.1. The summed E-state index contributed by atoms with van der Waals surface area (Å²) in [7, 11) is 4.03. The maximum atomic E-state index is 4.46. The SMILES string of the molecule is Cc1ccc2nc(/N=N/c3ccc(N(C)C)cc3)sc2c1. The Kier molecular flexibility index (Phi) is 3.66. The number of benzene rings is 2. The summed E-state index contributed by atoms with van der Waals surface area (Å²) < 4.78 is 1.15. The highest BCUT2D eigenvalue weighted by Crippen LogP contribution is 2.30. The predicted molar refractivity (Wildman–Crippen MR) is 89.3 cm³/mol. The third-order valence-electron chi connectivity index (χ3n) is 3.15. The molecule has 0 aliphatic heterocycles. The van der Waals surface area contributed by atoms with Gasteiger partial charge in [0.15, 0.2) is 0 Å². The highest BCUT2D eigenvalue weighted by Gasteiger charge is 2.03. The quantitative estimate of drug-likeness (QED) is 0.632. The molecule has 3 rings (SSSR count). The van der Waals surface area contributed by atoms with Gasteiger partial charge in [0.2, 0.25) is 5.13 Å². The van der Waals surface area contributed by atoms with Crippen molar-refractivity contribution in [2.24, 2.45) is 10.2 Å². The molecule has 106 valence electrons. The molecule has 0 radical (unpaired) electrons. The number of rotatable bonds is 3. The first-order valence-electron chi connectivity index (χ1n) is 6.68. The number of thiazole rings is 1. The Balaban J connectivity index is 1.83. The Bertz CT molecular complexity index is 788. The molecule has 3 aromatic rings. The molecule has 5 heteroatoms. The summed E-state index contributed by atoms with van der Waals surface area (Å²) in [4.78, 5) is 6.52. The molecule has 0 N–H and O–H groups in total. The summed E-state index contributed by atoms with van der Waals surface area (Å²) in [6, 6.07) is 14.2. The fraction of sp³-hybridized carbons (Fsp3) is 0.188. The first kappa shape index (κ1) is 13.7. The standard InChI is InChI=1S/C16H16N4S/c1-11-4-9-14-15(10-11)21-16(17-14)19-18-12-5-7-13(8-6-12)20(2)3/h4-10H,1-3H3/b19-18+. The smallest absolute Gasteiger partial charge is 0.231 e. The molecular weight excluding hydrogens is 280 g/mol. The van der Waals surface area contributed by atoms with E-state index in [0.717, 1.165) is 21.6 Å². The Labute approximate surface area is 127 Å². The maximum absolute atomic E-state index is 4.46. The molecule has 0 saturated carbocycles. The van der Waals surface area contributed by atoms with Gasteiger partial charge in [0, 0.05) is 19.8 Å². The summed E-state index contributed by atoms with van der Waals surface area (Å²) in [5.41, 5.74) is 4.18. The summed E-state index contributed by atoms with van der Waals surface area (Å²) in [5.74, 6) is 0. The molecule has 0 saturated heterocycles. The van der Waals surface area contributed by atoms with Crippen LogP contribution >= 0.6 is 11.3 Å². The van der Waals surface area contributed by atoms with Gasteiger partial charge in [-0.25, -0.2) is 4.98 Å². The van der Waals surface area contributed by atoms with E-state index in [2.05, 4.69) is 39.2 Å². The molecule has 2 aromatic carbocycles. The summed E-state index contributed by atoms with van der Waals surface area (Å²) in [6.07, 6.45) is 0. The van der Waals surface area contributed by atoms with E-state index in [9.17, 15) is 0 Å². The van der Waals surface area contributed by atoms with Gasteiger partial charge in [0.05, 0.1) is 15.9 Å². The Morgan fingerprint density at radius 2 is 1.76 bits per heavy atom.